The Morgan fingerprint density at radius 2 is 1.64 bits per heavy atom. The van der Waals surface area contributed by atoms with Crippen molar-refractivity contribution in [1.82, 2.24) is 15.0 Å². The third kappa shape index (κ3) is 4.92. The van der Waals surface area contributed by atoms with Gasteiger partial charge in [0.2, 0.25) is 0 Å². The van der Waals surface area contributed by atoms with Gasteiger partial charge in [0.05, 0.1) is 36.4 Å². The molecule has 9 heteroatoms. The van der Waals surface area contributed by atoms with E-state index in [2.05, 4.69) is 9.97 Å². The normalized spacial score (nSPS) is 11.6. The molecule has 0 bridgehead atoms. The van der Waals surface area contributed by atoms with Crippen molar-refractivity contribution in [3.63, 3.8) is 0 Å². The molecule has 0 aliphatic carbocycles. The fourth-order valence-electron chi connectivity index (χ4n) is 3.70. The summed E-state index contributed by atoms with van der Waals surface area (Å²) in [6, 6.07) is 19.9. The molecule has 4 rings (SSSR count). The van der Waals surface area contributed by atoms with Crippen molar-refractivity contribution in [3.05, 3.63) is 83.6 Å². The van der Waals surface area contributed by atoms with Gasteiger partial charge in [0.25, 0.3) is 0 Å². The highest BCUT2D eigenvalue weighted by Gasteiger charge is 2.26. The maximum Gasteiger partial charge on any atom is 0.342 e. The fraction of sp³-hybridized carbons (Fsp3) is 0.148. The molecule has 2 heterocycles. The first-order valence-corrected chi connectivity index (χ1v) is 12.3. The third-order valence-corrected chi connectivity index (χ3v) is 5.92. The first kappa shape index (κ1) is 24.9. The van der Waals surface area contributed by atoms with E-state index in [1.165, 1.54) is 18.9 Å². The number of benzene rings is 2. The summed E-state index contributed by atoms with van der Waals surface area (Å²) >= 11 is 1.29. The van der Waals surface area contributed by atoms with Crippen LogP contribution in [0.5, 0.6) is 0 Å². The highest BCUT2D eigenvalue weighted by molar-refractivity contribution is 7.98. The van der Waals surface area contributed by atoms with Gasteiger partial charge in [-0.3, -0.25) is 0 Å². The van der Waals surface area contributed by atoms with Gasteiger partial charge in [-0.25, -0.2) is 24.5 Å². The van der Waals surface area contributed by atoms with E-state index >= 15 is 0 Å². The number of thioether (sulfide) groups is 1. The first-order valence-electron chi connectivity index (χ1n) is 11.1. The molecule has 0 atom stereocenters. The Hall–Kier alpha value is -4.24. The number of nitrogens with two attached hydrogens (primary N) is 1. The molecule has 0 saturated heterocycles. The highest BCUT2D eigenvalue weighted by Crippen LogP contribution is 2.33. The molecule has 0 radical (unpaired) electrons. The number of ether oxygens (including phenoxy) is 2. The Morgan fingerprint density at radius 1 is 0.972 bits per heavy atom. The average Bonchev–Trinajstić information content (AvgIpc) is 2.93. The quantitative estimate of drug-likeness (QED) is 0.168. The standard InChI is InChI=1S/C27H24N4O4S/c1-4-35-25(32)19-15-18-23(20(26(33)34-2)21(28)16-11-7-5-8-12-16)30-27(36-3)31-24(18)29-22(19)17-13-9-6-10-14-17/h5-15H,4,28H2,1-3H3. The van der Waals surface area contributed by atoms with Gasteiger partial charge in [0.15, 0.2) is 10.8 Å². The van der Waals surface area contributed by atoms with Gasteiger partial charge in [-0.1, -0.05) is 72.4 Å². The second-order valence-electron chi connectivity index (χ2n) is 7.55. The molecule has 0 aliphatic rings. The molecule has 2 aromatic heterocycles. The number of hydrogen-bond donors (Lipinski definition) is 1. The van der Waals surface area contributed by atoms with Crippen LogP contribution in [0.1, 0.15) is 28.5 Å². The van der Waals surface area contributed by atoms with Gasteiger partial charge >= 0.3 is 11.9 Å². The van der Waals surface area contributed by atoms with E-state index in [1.807, 2.05) is 54.8 Å². The number of aromatic nitrogens is 3. The number of pyridine rings is 1. The van der Waals surface area contributed by atoms with E-state index < -0.39 is 11.9 Å². The van der Waals surface area contributed by atoms with E-state index in [9.17, 15) is 9.59 Å². The lowest BCUT2D eigenvalue weighted by Gasteiger charge is -2.15. The van der Waals surface area contributed by atoms with Gasteiger partial charge in [-0.2, -0.15) is 0 Å². The maximum absolute atomic E-state index is 13.0. The van der Waals surface area contributed by atoms with Crippen LogP contribution in [0.15, 0.2) is 71.9 Å². The number of rotatable bonds is 7. The Kier molecular flexibility index (Phi) is 7.60. The molecule has 0 unspecified atom stereocenters. The van der Waals surface area contributed by atoms with Crippen LogP contribution in [0, 0.1) is 0 Å². The topological polar surface area (TPSA) is 117 Å². The van der Waals surface area contributed by atoms with Crippen molar-refractivity contribution in [2.45, 2.75) is 12.1 Å². The van der Waals surface area contributed by atoms with E-state index in [4.69, 9.17) is 20.2 Å². The molecule has 4 aromatic rings. The SMILES string of the molecule is CCOC(=O)c1cc2c(C(C(=O)OC)=C(N)c3ccccc3)nc(SC)nc2nc1-c1ccccc1. The minimum Gasteiger partial charge on any atom is -0.465 e. The van der Waals surface area contributed by atoms with Gasteiger partial charge in [0.1, 0.15) is 5.57 Å². The number of methoxy groups -OCH3 is 1. The molecule has 8 nitrogen and oxygen atoms in total. The number of nitrogens with zero attached hydrogens (tertiary/aromatic N) is 3. The van der Waals surface area contributed by atoms with Crippen LogP contribution in [0.25, 0.3) is 33.6 Å². The summed E-state index contributed by atoms with van der Waals surface area (Å²) in [6.45, 7) is 1.92. The largest absolute Gasteiger partial charge is 0.465 e. The zero-order valence-corrected chi connectivity index (χ0v) is 20.8. The summed E-state index contributed by atoms with van der Waals surface area (Å²) in [7, 11) is 1.27. The molecular weight excluding hydrogens is 476 g/mol. The van der Waals surface area contributed by atoms with Crippen LogP contribution in [0.2, 0.25) is 0 Å². The van der Waals surface area contributed by atoms with Gasteiger partial charge in [-0.05, 0) is 24.8 Å². The van der Waals surface area contributed by atoms with Crippen LogP contribution >= 0.6 is 11.8 Å². The Bertz CT molecular complexity index is 1460. The van der Waals surface area contributed by atoms with Crippen molar-refractivity contribution in [2.24, 2.45) is 5.73 Å². The van der Waals surface area contributed by atoms with E-state index in [0.717, 1.165) is 5.56 Å². The van der Waals surface area contributed by atoms with Crippen molar-refractivity contribution in [2.75, 3.05) is 20.0 Å². The summed E-state index contributed by atoms with van der Waals surface area (Å²) in [5.74, 6) is -1.22. The van der Waals surface area contributed by atoms with Crippen molar-refractivity contribution in [1.29, 1.82) is 0 Å². The predicted octanol–water partition coefficient (Wildman–Crippen LogP) is 4.59. The molecule has 2 aromatic carbocycles. The minimum atomic E-state index is -0.673. The van der Waals surface area contributed by atoms with Crippen LogP contribution in [0.3, 0.4) is 0 Å². The summed E-state index contributed by atoms with van der Waals surface area (Å²) in [5.41, 5.74) is 9.23. The molecule has 0 saturated carbocycles. The lowest BCUT2D eigenvalue weighted by Crippen LogP contribution is -2.15. The number of carbonyl (C=O) groups is 2. The molecule has 0 aliphatic heterocycles. The van der Waals surface area contributed by atoms with Crippen LogP contribution < -0.4 is 5.73 Å². The summed E-state index contributed by atoms with van der Waals surface area (Å²) in [4.78, 5) is 39.9. The van der Waals surface area contributed by atoms with Crippen LogP contribution in [-0.4, -0.2) is 46.9 Å². The monoisotopic (exact) mass is 500 g/mol. The van der Waals surface area contributed by atoms with Crippen LogP contribution in [0.4, 0.5) is 0 Å². The van der Waals surface area contributed by atoms with Crippen LogP contribution in [-0.2, 0) is 14.3 Å². The summed E-state index contributed by atoms with van der Waals surface area (Å²) in [5, 5.41) is 0.755. The Balaban J connectivity index is 2.10. The predicted molar refractivity (Wildman–Crippen MR) is 140 cm³/mol. The van der Waals surface area contributed by atoms with E-state index in [-0.39, 0.29) is 29.1 Å². The van der Waals surface area contributed by atoms with Gasteiger partial charge in [0, 0.05) is 10.9 Å². The Labute approximate surface area is 212 Å². The maximum atomic E-state index is 13.0. The molecule has 0 spiro atoms. The van der Waals surface area contributed by atoms with Gasteiger partial charge in [-0.15, -0.1) is 0 Å². The number of carbonyl (C=O) groups excluding carboxylic acids is 2. The van der Waals surface area contributed by atoms with Crippen molar-refractivity contribution >= 4 is 46.0 Å². The molecule has 0 amide bonds. The number of hydrogen-bond acceptors (Lipinski definition) is 9. The fourth-order valence-corrected chi connectivity index (χ4v) is 4.06. The highest BCUT2D eigenvalue weighted by atomic mass is 32.2. The molecule has 182 valence electrons. The molecule has 2 N–H and O–H groups in total. The molecule has 0 fully saturated rings. The lowest BCUT2D eigenvalue weighted by atomic mass is 9.99. The average molecular weight is 501 g/mol. The lowest BCUT2D eigenvalue weighted by molar-refractivity contribution is -0.133. The minimum absolute atomic E-state index is 0.0514. The number of esters is 2. The van der Waals surface area contributed by atoms with Crippen molar-refractivity contribution < 1.29 is 19.1 Å². The second-order valence-corrected chi connectivity index (χ2v) is 8.32. The van der Waals surface area contributed by atoms with E-state index in [0.29, 0.717) is 27.4 Å². The summed E-state index contributed by atoms with van der Waals surface area (Å²) < 4.78 is 10.4. The first-order chi connectivity index (χ1) is 17.5. The zero-order chi connectivity index (χ0) is 25.7. The van der Waals surface area contributed by atoms with Gasteiger partial charge < -0.3 is 15.2 Å². The third-order valence-electron chi connectivity index (χ3n) is 5.37. The summed E-state index contributed by atoms with van der Waals surface area (Å²) in [6.07, 6.45) is 1.82. The smallest absolute Gasteiger partial charge is 0.342 e. The molecular formula is C27H24N4O4S. The molecule has 36 heavy (non-hydrogen) atoms. The zero-order valence-electron chi connectivity index (χ0n) is 20.0. The number of fused-ring (bicyclic) bond motifs is 1. The second kappa shape index (κ2) is 11.0. The Morgan fingerprint density at radius 3 is 2.25 bits per heavy atom. The van der Waals surface area contributed by atoms with Crippen molar-refractivity contribution in [3.8, 4) is 11.3 Å². The van der Waals surface area contributed by atoms with E-state index in [1.54, 1.807) is 25.1 Å².